The van der Waals surface area contributed by atoms with Gasteiger partial charge in [-0.2, -0.15) is 5.10 Å². The van der Waals surface area contributed by atoms with Gasteiger partial charge in [0.15, 0.2) is 0 Å². The SMILES string of the molecule is Cc1nc(CN2C[C@@H](F)C[C@H]2CNC(=O)Cc2cnn(C)c2)cs1. The highest BCUT2D eigenvalue weighted by atomic mass is 32.1. The number of carbonyl (C=O) groups is 1. The fraction of sp³-hybridized carbons (Fsp3) is 0.562. The van der Waals surface area contributed by atoms with Crippen LogP contribution in [0.5, 0.6) is 0 Å². The largest absolute Gasteiger partial charge is 0.354 e. The lowest BCUT2D eigenvalue weighted by atomic mass is 10.2. The van der Waals surface area contributed by atoms with Crippen LogP contribution in [0.15, 0.2) is 17.8 Å². The molecule has 0 bridgehead atoms. The zero-order valence-electron chi connectivity index (χ0n) is 13.9. The van der Waals surface area contributed by atoms with Crippen LogP contribution < -0.4 is 5.32 Å². The fourth-order valence-corrected chi connectivity index (χ4v) is 3.66. The summed E-state index contributed by atoms with van der Waals surface area (Å²) in [4.78, 5) is 18.6. The molecule has 1 fully saturated rings. The number of aromatic nitrogens is 3. The average molecular weight is 351 g/mol. The lowest BCUT2D eigenvalue weighted by molar-refractivity contribution is -0.120. The van der Waals surface area contributed by atoms with Crippen LogP contribution in [-0.4, -0.2) is 50.9 Å². The minimum Gasteiger partial charge on any atom is -0.354 e. The highest BCUT2D eigenvalue weighted by Gasteiger charge is 2.32. The molecule has 3 rings (SSSR count). The minimum absolute atomic E-state index is 0.0138. The highest BCUT2D eigenvalue weighted by molar-refractivity contribution is 7.09. The normalized spacial score (nSPS) is 21.3. The molecule has 0 saturated carbocycles. The van der Waals surface area contributed by atoms with E-state index in [1.165, 1.54) is 0 Å². The van der Waals surface area contributed by atoms with Gasteiger partial charge >= 0.3 is 0 Å². The summed E-state index contributed by atoms with van der Waals surface area (Å²) < 4.78 is 15.5. The van der Waals surface area contributed by atoms with Crippen molar-refractivity contribution in [1.29, 1.82) is 0 Å². The van der Waals surface area contributed by atoms with Crippen LogP contribution in [0.3, 0.4) is 0 Å². The second-order valence-electron chi connectivity index (χ2n) is 6.28. The number of aryl methyl sites for hydroxylation is 2. The van der Waals surface area contributed by atoms with E-state index in [1.54, 1.807) is 22.2 Å². The molecule has 2 aromatic rings. The number of thiazole rings is 1. The van der Waals surface area contributed by atoms with E-state index in [1.807, 2.05) is 25.5 Å². The van der Waals surface area contributed by atoms with E-state index in [0.717, 1.165) is 16.3 Å². The highest BCUT2D eigenvalue weighted by Crippen LogP contribution is 2.23. The molecule has 0 aromatic carbocycles. The number of alkyl halides is 1. The van der Waals surface area contributed by atoms with Crippen molar-refractivity contribution in [2.45, 2.75) is 38.5 Å². The molecule has 1 amide bonds. The maximum Gasteiger partial charge on any atom is 0.224 e. The molecule has 0 aliphatic carbocycles. The summed E-state index contributed by atoms with van der Waals surface area (Å²) >= 11 is 1.60. The Balaban J connectivity index is 1.51. The monoisotopic (exact) mass is 351 g/mol. The van der Waals surface area contributed by atoms with E-state index in [0.29, 0.717) is 32.5 Å². The first-order chi connectivity index (χ1) is 11.5. The number of nitrogens with zero attached hydrogens (tertiary/aromatic N) is 4. The number of hydrogen-bond donors (Lipinski definition) is 1. The molecular weight excluding hydrogens is 329 g/mol. The van der Waals surface area contributed by atoms with Gasteiger partial charge in [0.2, 0.25) is 5.91 Å². The van der Waals surface area contributed by atoms with Gasteiger partial charge in [0, 0.05) is 44.3 Å². The van der Waals surface area contributed by atoms with Crippen molar-refractivity contribution < 1.29 is 9.18 Å². The van der Waals surface area contributed by atoms with E-state index in [9.17, 15) is 9.18 Å². The second kappa shape index (κ2) is 7.40. The van der Waals surface area contributed by atoms with E-state index >= 15 is 0 Å². The summed E-state index contributed by atoms with van der Waals surface area (Å²) in [6, 6.07) is 0.0138. The summed E-state index contributed by atoms with van der Waals surface area (Å²) in [6.07, 6.45) is 3.42. The Morgan fingerprint density at radius 2 is 2.38 bits per heavy atom. The molecule has 0 unspecified atom stereocenters. The molecule has 3 heterocycles. The lowest BCUT2D eigenvalue weighted by Crippen LogP contribution is -2.40. The number of likely N-dealkylation sites (tertiary alicyclic amines) is 1. The van der Waals surface area contributed by atoms with Crippen LogP contribution in [-0.2, 0) is 24.8 Å². The van der Waals surface area contributed by atoms with E-state index in [-0.39, 0.29) is 11.9 Å². The van der Waals surface area contributed by atoms with Gasteiger partial charge in [0.05, 0.1) is 23.3 Å². The van der Waals surface area contributed by atoms with Gasteiger partial charge in [-0.3, -0.25) is 14.4 Å². The molecule has 2 aromatic heterocycles. The number of nitrogens with one attached hydrogen (secondary N) is 1. The Morgan fingerprint density at radius 3 is 3.04 bits per heavy atom. The van der Waals surface area contributed by atoms with Crippen LogP contribution in [0.4, 0.5) is 4.39 Å². The van der Waals surface area contributed by atoms with Gasteiger partial charge in [0.25, 0.3) is 0 Å². The first-order valence-corrected chi connectivity index (χ1v) is 8.91. The third kappa shape index (κ3) is 4.39. The first-order valence-electron chi connectivity index (χ1n) is 8.03. The lowest BCUT2D eigenvalue weighted by Gasteiger charge is -2.23. The Hall–Kier alpha value is -1.80. The number of halogens is 1. The smallest absolute Gasteiger partial charge is 0.224 e. The molecule has 1 N–H and O–H groups in total. The molecular formula is C16H22FN5OS. The minimum atomic E-state index is -0.843. The van der Waals surface area contributed by atoms with Crippen LogP contribution in [0.1, 0.15) is 22.7 Å². The molecule has 6 nitrogen and oxygen atoms in total. The predicted octanol–water partition coefficient (Wildman–Crippen LogP) is 1.46. The molecule has 8 heteroatoms. The molecule has 1 aliphatic heterocycles. The number of hydrogen-bond acceptors (Lipinski definition) is 5. The molecule has 1 saturated heterocycles. The Kier molecular flexibility index (Phi) is 5.25. The Labute approximate surface area is 144 Å². The Bertz CT molecular complexity index is 700. The second-order valence-corrected chi connectivity index (χ2v) is 7.34. The molecule has 130 valence electrons. The maximum absolute atomic E-state index is 13.8. The molecule has 24 heavy (non-hydrogen) atoms. The van der Waals surface area contributed by atoms with Gasteiger partial charge in [-0.25, -0.2) is 9.37 Å². The summed E-state index contributed by atoms with van der Waals surface area (Å²) in [5, 5.41) is 10.0. The number of carbonyl (C=O) groups excluding carboxylic acids is 1. The van der Waals surface area contributed by atoms with Gasteiger partial charge in [-0.1, -0.05) is 0 Å². The summed E-state index contributed by atoms with van der Waals surface area (Å²) in [5.41, 5.74) is 1.85. The van der Waals surface area contributed by atoms with Gasteiger partial charge in [-0.05, 0) is 18.9 Å². The van der Waals surface area contributed by atoms with Crippen LogP contribution in [0.25, 0.3) is 0 Å². The molecule has 1 aliphatic rings. The van der Waals surface area contributed by atoms with Gasteiger partial charge in [0.1, 0.15) is 6.17 Å². The average Bonchev–Trinajstić information content (AvgIpc) is 3.20. The molecule has 0 spiro atoms. The van der Waals surface area contributed by atoms with E-state index < -0.39 is 6.17 Å². The molecule has 2 atom stereocenters. The first kappa shape index (κ1) is 17.0. The summed E-state index contributed by atoms with van der Waals surface area (Å²) in [5.74, 6) is -0.0604. The maximum atomic E-state index is 13.8. The number of rotatable bonds is 6. The van der Waals surface area contributed by atoms with Crippen molar-refractivity contribution in [1.82, 2.24) is 25.0 Å². The third-order valence-corrected chi connectivity index (χ3v) is 4.99. The number of amides is 1. The quantitative estimate of drug-likeness (QED) is 0.856. The van der Waals surface area contributed by atoms with Crippen molar-refractivity contribution in [3.05, 3.63) is 34.0 Å². The van der Waals surface area contributed by atoms with Crippen molar-refractivity contribution in [3.63, 3.8) is 0 Å². The Morgan fingerprint density at radius 1 is 1.54 bits per heavy atom. The van der Waals surface area contributed by atoms with Crippen molar-refractivity contribution in [3.8, 4) is 0 Å². The van der Waals surface area contributed by atoms with E-state index in [2.05, 4.69) is 20.3 Å². The van der Waals surface area contributed by atoms with Crippen molar-refractivity contribution in [2.24, 2.45) is 7.05 Å². The topological polar surface area (TPSA) is 63.1 Å². The summed E-state index contributed by atoms with van der Waals surface area (Å²) in [7, 11) is 1.82. The molecule has 0 radical (unpaired) electrons. The summed E-state index contributed by atoms with van der Waals surface area (Å²) in [6.45, 7) is 3.46. The van der Waals surface area contributed by atoms with Crippen molar-refractivity contribution >= 4 is 17.2 Å². The van der Waals surface area contributed by atoms with Crippen LogP contribution in [0, 0.1) is 6.92 Å². The van der Waals surface area contributed by atoms with E-state index in [4.69, 9.17) is 0 Å². The van der Waals surface area contributed by atoms with Crippen LogP contribution in [0.2, 0.25) is 0 Å². The van der Waals surface area contributed by atoms with Crippen molar-refractivity contribution in [2.75, 3.05) is 13.1 Å². The van der Waals surface area contributed by atoms with Crippen LogP contribution >= 0.6 is 11.3 Å². The predicted molar refractivity (Wildman–Crippen MR) is 90.5 cm³/mol. The van der Waals surface area contributed by atoms with Gasteiger partial charge < -0.3 is 5.32 Å². The third-order valence-electron chi connectivity index (χ3n) is 4.17. The zero-order chi connectivity index (χ0) is 17.1. The fourth-order valence-electron chi connectivity index (χ4n) is 3.06. The zero-order valence-corrected chi connectivity index (χ0v) is 14.7. The van der Waals surface area contributed by atoms with Gasteiger partial charge in [-0.15, -0.1) is 11.3 Å². The standard InChI is InChI=1S/C16H22FN5OS/c1-11-20-14(10-24-11)9-22-8-13(17)4-15(22)6-18-16(23)3-12-5-19-21(2)7-12/h5,7,10,13,15H,3-4,6,8-9H2,1-2H3,(H,18,23)/t13-,15-/m0/s1.